The van der Waals surface area contributed by atoms with Gasteiger partial charge in [-0.2, -0.15) is 0 Å². The zero-order valence-electron chi connectivity index (χ0n) is 17.8. The van der Waals surface area contributed by atoms with Crippen LogP contribution in [0.1, 0.15) is 57.1 Å². The van der Waals surface area contributed by atoms with Crippen molar-refractivity contribution in [2.45, 2.75) is 57.1 Å². The Hall–Kier alpha value is -1.06. The van der Waals surface area contributed by atoms with Crippen LogP contribution in [0.3, 0.4) is 0 Å². The van der Waals surface area contributed by atoms with E-state index in [4.69, 9.17) is 4.74 Å². The second-order valence-corrected chi connectivity index (χ2v) is 8.04. The van der Waals surface area contributed by atoms with Gasteiger partial charge in [-0.3, -0.25) is 9.89 Å². The number of aliphatic hydroxyl groups is 1. The van der Waals surface area contributed by atoms with Crippen molar-refractivity contribution in [3.05, 3.63) is 29.8 Å². The lowest BCUT2D eigenvalue weighted by atomic mass is 9.80. The lowest BCUT2D eigenvalue weighted by molar-refractivity contribution is -0.0236. The topological polar surface area (TPSA) is 69.1 Å². The number of benzene rings is 1. The SMILES string of the molecule is CCNC(=NCC1(O)CCC1)NCC(c1ccc(OC)cc1)N1CCCCC1.I. The Morgan fingerprint density at radius 3 is 2.38 bits per heavy atom. The van der Waals surface area contributed by atoms with E-state index in [1.807, 2.05) is 12.1 Å². The number of guanidine groups is 1. The molecule has 3 rings (SSSR count). The van der Waals surface area contributed by atoms with Crippen molar-refractivity contribution in [1.82, 2.24) is 15.5 Å². The van der Waals surface area contributed by atoms with Gasteiger partial charge in [-0.15, -0.1) is 24.0 Å². The fraction of sp³-hybridized carbons (Fsp3) is 0.682. The molecule has 1 aromatic rings. The van der Waals surface area contributed by atoms with E-state index in [0.29, 0.717) is 12.6 Å². The molecular weight excluding hydrogens is 479 g/mol. The smallest absolute Gasteiger partial charge is 0.191 e. The number of rotatable bonds is 8. The molecule has 1 aliphatic heterocycles. The van der Waals surface area contributed by atoms with Crippen molar-refractivity contribution >= 4 is 29.9 Å². The average Bonchev–Trinajstić information content (AvgIpc) is 2.72. The standard InChI is InChI=1S/C22H36N4O2.HI/c1-3-23-21(25-17-22(27)12-7-13-22)24-16-20(26-14-5-4-6-15-26)18-8-10-19(28-2)11-9-18;/h8-11,20,27H,3-7,12-17H2,1-2H3,(H2,23,24,25);1H. The molecule has 29 heavy (non-hydrogen) atoms. The van der Waals surface area contributed by atoms with Crippen molar-refractivity contribution in [2.75, 3.05) is 39.8 Å². The van der Waals surface area contributed by atoms with Gasteiger partial charge in [0, 0.05) is 13.1 Å². The molecule has 1 unspecified atom stereocenters. The number of nitrogens with zero attached hydrogens (tertiary/aromatic N) is 2. The maximum Gasteiger partial charge on any atom is 0.191 e. The van der Waals surface area contributed by atoms with E-state index < -0.39 is 5.60 Å². The minimum atomic E-state index is -0.593. The van der Waals surface area contributed by atoms with E-state index in [9.17, 15) is 5.11 Å². The van der Waals surface area contributed by atoms with Crippen LogP contribution in [0.5, 0.6) is 5.75 Å². The highest BCUT2D eigenvalue weighted by molar-refractivity contribution is 14.0. The molecule has 2 fully saturated rings. The van der Waals surface area contributed by atoms with Crippen LogP contribution in [-0.2, 0) is 0 Å². The molecule has 1 saturated heterocycles. The molecule has 1 atom stereocenters. The van der Waals surface area contributed by atoms with Gasteiger partial charge in [0.05, 0.1) is 25.3 Å². The first-order valence-electron chi connectivity index (χ1n) is 10.8. The van der Waals surface area contributed by atoms with Crippen molar-refractivity contribution in [3.8, 4) is 5.75 Å². The first kappa shape index (κ1) is 24.2. The highest BCUT2D eigenvalue weighted by atomic mass is 127. The molecule has 7 heteroatoms. The fourth-order valence-electron chi connectivity index (χ4n) is 4.02. The second kappa shape index (κ2) is 12.0. The van der Waals surface area contributed by atoms with E-state index in [1.165, 1.54) is 24.8 Å². The van der Waals surface area contributed by atoms with Crippen LogP contribution in [0.4, 0.5) is 0 Å². The third-order valence-electron chi connectivity index (χ3n) is 5.95. The van der Waals surface area contributed by atoms with E-state index in [0.717, 1.165) is 57.2 Å². The van der Waals surface area contributed by atoms with Gasteiger partial charge < -0.3 is 20.5 Å². The number of hydrogen-bond donors (Lipinski definition) is 3. The van der Waals surface area contributed by atoms with Gasteiger partial charge in [0.2, 0.25) is 0 Å². The number of piperidine rings is 1. The highest BCUT2D eigenvalue weighted by Crippen LogP contribution is 2.31. The number of nitrogens with one attached hydrogen (secondary N) is 2. The normalized spacial score (nSPS) is 20.2. The molecule has 0 spiro atoms. The van der Waals surface area contributed by atoms with E-state index in [-0.39, 0.29) is 24.0 Å². The first-order chi connectivity index (χ1) is 13.6. The zero-order valence-corrected chi connectivity index (χ0v) is 20.2. The Bertz CT molecular complexity index is 628. The predicted molar refractivity (Wildman–Crippen MR) is 129 cm³/mol. The summed E-state index contributed by atoms with van der Waals surface area (Å²) in [5.41, 5.74) is 0.702. The van der Waals surface area contributed by atoms with Gasteiger partial charge in [-0.05, 0) is 69.8 Å². The Morgan fingerprint density at radius 1 is 1.14 bits per heavy atom. The summed E-state index contributed by atoms with van der Waals surface area (Å²) >= 11 is 0. The third-order valence-corrected chi connectivity index (χ3v) is 5.95. The summed E-state index contributed by atoms with van der Waals surface area (Å²) in [6, 6.07) is 8.71. The van der Waals surface area contributed by atoms with Crippen LogP contribution < -0.4 is 15.4 Å². The van der Waals surface area contributed by atoms with Gasteiger partial charge in [0.15, 0.2) is 5.96 Å². The summed E-state index contributed by atoms with van der Waals surface area (Å²) in [6.07, 6.45) is 6.66. The van der Waals surface area contributed by atoms with Gasteiger partial charge >= 0.3 is 0 Å². The molecule has 6 nitrogen and oxygen atoms in total. The Labute approximate surface area is 192 Å². The lowest BCUT2D eigenvalue weighted by Crippen LogP contribution is -2.46. The quantitative estimate of drug-likeness (QED) is 0.281. The fourth-order valence-corrected chi connectivity index (χ4v) is 4.02. The van der Waals surface area contributed by atoms with Crippen molar-refractivity contribution in [3.63, 3.8) is 0 Å². The molecule has 0 aromatic heterocycles. The number of methoxy groups -OCH3 is 1. The van der Waals surface area contributed by atoms with Crippen LogP contribution in [0.15, 0.2) is 29.3 Å². The maximum absolute atomic E-state index is 10.4. The number of ether oxygens (including phenoxy) is 1. The van der Waals surface area contributed by atoms with Gasteiger partial charge in [-0.25, -0.2) is 0 Å². The van der Waals surface area contributed by atoms with E-state index in [2.05, 4.69) is 39.6 Å². The minimum Gasteiger partial charge on any atom is -0.497 e. The molecule has 3 N–H and O–H groups in total. The minimum absolute atomic E-state index is 0. The van der Waals surface area contributed by atoms with E-state index in [1.54, 1.807) is 7.11 Å². The summed E-state index contributed by atoms with van der Waals surface area (Å²) in [6.45, 7) is 6.40. The van der Waals surface area contributed by atoms with Crippen molar-refractivity contribution in [2.24, 2.45) is 4.99 Å². The van der Waals surface area contributed by atoms with Crippen molar-refractivity contribution < 1.29 is 9.84 Å². The first-order valence-corrected chi connectivity index (χ1v) is 10.8. The summed E-state index contributed by atoms with van der Waals surface area (Å²) in [5, 5.41) is 17.2. The number of likely N-dealkylation sites (tertiary alicyclic amines) is 1. The molecular formula is C22H37IN4O2. The number of hydrogen-bond acceptors (Lipinski definition) is 4. The summed E-state index contributed by atoms with van der Waals surface area (Å²) in [4.78, 5) is 7.22. The predicted octanol–water partition coefficient (Wildman–Crippen LogP) is 3.31. The second-order valence-electron chi connectivity index (χ2n) is 8.04. The van der Waals surface area contributed by atoms with Crippen LogP contribution in [-0.4, -0.2) is 61.4 Å². The van der Waals surface area contributed by atoms with Gasteiger partial charge in [-0.1, -0.05) is 18.6 Å². The molecule has 1 saturated carbocycles. The average molecular weight is 516 g/mol. The maximum atomic E-state index is 10.4. The largest absolute Gasteiger partial charge is 0.497 e. The van der Waals surface area contributed by atoms with Crippen molar-refractivity contribution in [1.29, 1.82) is 0 Å². The highest BCUT2D eigenvalue weighted by Gasteiger charge is 2.34. The number of aliphatic imine (C=N–C) groups is 1. The van der Waals surface area contributed by atoms with Gasteiger partial charge in [0.1, 0.15) is 5.75 Å². The van der Waals surface area contributed by atoms with Crippen LogP contribution in [0, 0.1) is 0 Å². The molecule has 2 aliphatic rings. The molecule has 1 aromatic carbocycles. The Balaban J connectivity index is 0.00000300. The summed E-state index contributed by atoms with van der Waals surface area (Å²) in [7, 11) is 1.70. The van der Waals surface area contributed by atoms with Crippen LogP contribution in [0.25, 0.3) is 0 Å². The lowest BCUT2D eigenvalue weighted by Gasteiger charge is -2.36. The van der Waals surface area contributed by atoms with E-state index >= 15 is 0 Å². The molecule has 1 heterocycles. The molecule has 0 bridgehead atoms. The zero-order chi connectivity index (χ0) is 19.8. The van der Waals surface area contributed by atoms with Gasteiger partial charge in [0.25, 0.3) is 0 Å². The molecule has 1 aliphatic carbocycles. The Kier molecular flexibility index (Phi) is 9.98. The monoisotopic (exact) mass is 516 g/mol. The molecule has 0 radical (unpaired) electrons. The Morgan fingerprint density at radius 2 is 1.83 bits per heavy atom. The summed E-state index contributed by atoms with van der Waals surface area (Å²) in [5.74, 6) is 1.68. The van der Waals surface area contributed by atoms with Crippen LogP contribution in [0.2, 0.25) is 0 Å². The number of halogens is 1. The summed E-state index contributed by atoms with van der Waals surface area (Å²) < 4.78 is 5.32. The van der Waals surface area contributed by atoms with Crippen LogP contribution >= 0.6 is 24.0 Å². The third kappa shape index (κ3) is 7.00. The molecule has 0 amide bonds. The molecule has 164 valence electrons.